The summed E-state index contributed by atoms with van der Waals surface area (Å²) in [6.07, 6.45) is 0.00379. The number of nitro benzene ring substituents is 2. The molecule has 0 atom stereocenters. The molecule has 0 aromatic heterocycles. The zero-order valence-electron chi connectivity index (χ0n) is 14.4. The van der Waals surface area contributed by atoms with Crippen molar-refractivity contribution in [2.24, 2.45) is 0 Å². The molecular formula is C17H17N3O6. The van der Waals surface area contributed by atoms with E-state index in [1.807, 2.05) is 13.8 Å². The van der Waals surface area contributed by atoms with Crippen LogP contribution >= 0.6 is 0 Å². The first-order chi connectivity index (χ1) is 12.2. The summed E-state index contributed by atoms with van der Waals surface area (Å²) in [5.41, 5.74) is -0.810. The van der Waals surface area contributed by atoms with Crippen molar-refractivity contribution in [2.75, 3.05) is 5.32 Å². The molecule has 2 rings (SSSR count). The van der Waals surface area contributed by atoms with Crippen LogP contribution in [0.25, 0.3) is 0 Å². The molecule has 0 aliphatic rings. The van der Waals surface area contributed by atoms with E-state index in [1.54, 1.807) is 24.3 Å². The van der Waals surface area contributed by atoms with Gasteiger partial charge in [-0.15, -0.1) is 0 Å². The molecule has 9 nitrogen and oxygen atoms in total. The summed E-state index contributed by atoms with van der Waals surface area (Å²) in [5, 5.41) is 24.7. The highest BCUT2D eigenvalue weighted by molar-refractivity contribution is 6.05. The Bertz CT molecular complexity index is 826. The maximum absolute atomic E-state index is 12.4. The first-order valence-corrected chi connectivity index (χ1v) is 7.70. The number of anilines is 1. The Hall–Kier alpha value is -3.49. The Kier molecular flexibility index (Phi) is 5.51. The topological polar surface area (TPSA) is 125 Å². The van der Waals surface area contributed by atoms with E-state index in [1.165, 1.54) is 6.92 Å². The van der Waals surface area contributed by atoms with Crippen LogP contribution in [0.4, 0.5) is 17.1 Å². The van der Waals surface area contributed by atoms with Gasteiger partial charge >= 0.3 is 0 Å². The Labute approximate surface area is 148 Å². The van der Waals surface area contributed by atoms with Gasteiger partial charge in [-0.3, -0.25) is 25.0 Å². The zero-order valence-corrected chi connectivity index (χ0v) is 14.4. The third kappa shape index (κ3) is 4.32. The van der Waals surface area contributed by atoms with Crippen molar-refractivity contribution in [3.8, 4) is 5.75 Å². The molecule has 1 N–H and O–H groups in total. The van der Waals surface area contributed by atoms with Crippen LogP contribution in [-0.4, -0.2) is 21.9 Å². The lowest BCUT2D eigenvalue weighted by Crippen LogP contribution is -2.13. The molecule has 0 bridgehead atoms. The molecule has 0 aliphatic carbocycles. The summed E-state index contributed by atoms with van der Waals surface area (Å²) in [6.45, 7) is 5.03. The van der Waals surface area contributed by atoms with Gasteiger partial charge in [0.15, 0.2) is 0 Å². The van der Waals surface area contributed by atoms with Crippen molar-refractivity contribution in [3.63, 3.8) is 0 Å². The lowest BCUT2D eigenvalue weighted by molar-refractivity contribution is -0.395. The lowest BCUT2D eigenvalue weighted by atomic mass is 10.1. The van der Waals surface area contributed by atoms with Gasteiger partial charge < -0.3 is 10.1 Å². The van der Waals surface area contributed by atoms with Crippen LogP contribution in [-0.2, 0) is 0 Å². The number of carbonyl (C=O) groups is 1. The minimum atomic E-state index is -0.753. The summed E-state index contributed by atoms with van der Waals surface area (Å²) in [5.74, 6) is -0.0617. The van der Waals surface area contributed by atoms with Gasteiger partial charge in [-0.25, -0.2) is 0 Å². The molecule has 136 valence electrons. The van der Waals surface area contributed by atoms with Gasteiger partial charge in [0.1, 0.15) is 11.3 Å². The van der Waals surface area contributed by atoms with Gasteiger partial charge in [0.2, 0.25) is 0 Å². The van der Waals surface area contributed by atoms with E-state index in [0.717, 1.165) is 12.1 Å². The number of carbonyl (C=O) groups excluding carboxylic acids is 1. The Morgan fingerprint density at radius 3 is 1.96 bits per heavy atom. The summed E-state index contributed by atoms with van der Waals surface area (Å²) in [6, 6.07) is 8.58. The number of ether oxygens (including phenoxy) is 1. The number of benzene rings is 2. The normalized spacial score (nSPS) is 10.5. The van der Waals surface area contributed by atoms with Crippen molar-refractivity contribution in [1.29, 1.82) is 0 Å². The Balaban J connectivity index is 2.29. The van der Waals surface area contributed by atoms with Crippen LogP contribution in [0.2, 0.25) is 0 Å². The first kappa shape index (κ1) is 18.8. The molecule has 0 radical (unpaired) electrons. The van der Waals surface area contributed by atoms with Crippen molar-refractivity contribution >= 4 is 23.0 Å². The fourth-order valence-electron chi connectivity index (χ4n) is 2.29. The monoisotopic (exact) mass is 359 g/mol. The standard InChI is InChI=1S/C17H17N3O6/c1-10(2)26-14-6-4-13(5-7-14)18-17(21)12-8-15(19(22)23)11(3)16(9-12)20(24)25/h4-10H,1-3H3,(H,18,21). The molecule has 0 heterocycles. The molecule has 26 heavy (non-hydrogen) atoms. The quantitative estimate of drug-likeness (QED) is 0.617. The number of hydrogen-bond donors (Lipinski definition) is 1. The van der Waals surface area contributed by atoms with Crippen LogP contribution in [0.5, 0.6) is 5.75 Å². The third-order valence-corrected chi connectivity index (χ3v) is 3.49. The highest BCUT2D eigenvalue weighted by atomic mass is 16.6. The Morgan fingerprint density at radius 1 is 1.04 bits per heavy atom. The first-order valence-electron chi connectivity index (χ1n) is 7.70. The zero-order chi connectivity index (χ0) is 19.4. The summed E-state index contributed by atoms with van der Waals surface area (Å²) < 4.78 is 5.49. The van der Waals surface area contributed by atoms with Gasteiger partial charge in [0, 0.05) is 17.8 Å². The van der Waals surface area contributed by atoms with Crippen molar-refractivity contribution in [2.45, 2.75) is 26.9 Å². The molecule has 2 aromatic carbocycles. The second-order valence-electron chi connectivity index (χ2n) is 5.80. The fraction of sp³-hybridized carbons (Fsp3) is 0.235. The molecule has 0 unspecified atom stereocenters. The van der Waals surface area contributed by atoms with Gasteiger partial charge in [0.25, 0.3) is 17.3 Å². The molecular weight excluding hydrogens is 342 g/mol. The molecule has 0 aliphatic heterocycles. The van der Waals surface area contributed by atoms with Crippen LogP contribution < -0.4 is 10.1 Å². The third-order valence-electron chi connectivity index (χ3n) is 3.49. The number of nitrogens with zero attached hydrogens (tertiary/aromatic N) is 2. The van der Waals surface area contributed by atoms with Crippen LogP contribution in [0.3, 0.4) is 0 Å². The van der Waals surface area contributed by atoms with E-state index < -0.39 is 27.1 Å². The van der Waals surface area contributed by atoms with E-state index in [9.17, 15) is 25.0 Å². The smallest absolute Gasteiger partial charge is 0.279 e. The summed E-state index contributed by atoms with van der Waals surface area (Å²) in [7, 11) is 0. The van der Waals surface area contributed by atoms with Gasteiger partial charge in [-0.05, 0) is 45.0 Å². The average molecular weight is 359 g/mol. The number of nitro groups is 2. The minimum Gasteiger partial charge on any atom is -0.491 e. The molecule has 0 saturated heterocycles. The van der Waals surface area contributed by atoms with Gasteiger partial charge in [-0.1, -0.05) is 0 Å². The maximum atomic E-state index is 12.4. The van der Waals surface area contributed by atoms with Crippen molar-refractivity contribution < 1.29 is 19.4 Å². The Morgan fingerprint density at radius 2 is 1.54 bits per heavy atom. The summed E-state index contributed by atoms with van der Waals surface area (Å²) in [4.78, 5) is 33.0. The highest BCUT2D eigenvalue weighted by Crippen LogP contribution is 2.29. The summed E-state index contributed by atoms with van der Waals surface area (Å²) >= 11 is 0. The predicted molar refractivity (Wildman–Crippen MR) is 94.6 cm³/mol. The lowest BCUT2D eigenvalue weighted by Gasteiger charge is -2.11. The fourth-order valence-corrected chi connectivity index (χ4v) is 2.29. The van der Waals surface area contributed by atoms with Gasteiger partial charge in [0.05, 0.1) is 21.5 Å². The SMILES string of the molecule is Cc1c([N+](=O)[O-])cc(C(=O)Nc2ccc(OC(C)C)cc2)cc1[N+](=O)[O-]. The van der Waals surface area contributed by atoms with Crippen LogP contribution in [0.15, 0.2) is 36.4 Å². The van der Waals surface area contributed by atoms with E-state index in [2.05, 4.69) is 5.32 Å². The van der Waals surface area contributed by atoms with Crippen molar-refractivity contribution in [3.05, 3.63) is 67.8 Å². The number of nitrogens with one attached hydrogen (secondary N) is 1. The molecule has 0 fully saturated rings. The minimum absolute atomic E-state index is 0.00379. The van der Waals surface area contributed by atoms with E-state index >= 15 is 0 Å². The van der Waals surface area contributed by atoms with Crippen molar-refractivity contribution in [1.82, 2.24) is 0 Å². The molecule has 2 aromatic rings. The molecule has 9 heteroatoms. The van der Waals surface area contributed by atoms with Crippen LogP contribution in [0.1, 0.15) is 29.8 Å². The number of hydrogen-bond acceptors (Lipinski definition) is 6. The van der Waals surface area contributed by atoms with E-state index in [0.29, 0.717) is 11.4 Å². The molecule has 0 spiro atoms. The number of amides is 1. The van der Waals surface area contributed by atoms with Crippen LogP contribution in [0, 0.1) is 27.2 Å². The maximum Gasteiger partial charge on any atom is 0.279 e. The van der Waals surface area contributed by atoms with Gasteiger partial charge in [-0.2, -0.15) is 0 Å². The largest absolute Gasteiger partial charge is 0.491 e. The highest BCUT2D eigenvalue weighted by Gasteiger charge is 2.25. The molecule has 1 amide bonds. The van der Waals surface area contributed by atoms with E-state index in [4.69, 9.17) is 4.74 Å². The second kappa shape index (κ2) is 7.60. The van der Waals surface area contributed by atoms with E-state index in [-0.39, 0.29) is 17.2 Å². The predicted octanol–water partition coefficient (Wildman–Crippen LogP) is 3.85. The molecule has 0 saturated carbocycles. The average Bonchev–Trinajstić information content (AvgIpc) is 2.55. The number of rotatable bonds is 6. The second-order valence-corrected chi connectivity index (χ2v) is 5.80.